The minimum Gasteiger partial charge on any atom is -0.469 e. The van der Waals surface area contributed by atoms with Gasteiger partial charge in [-0.15, -0.1) is 0 Å². The Kier molecular flexibility index (Phi) is 12.3. The SMILES string of the molecule is CC=CC=CCCC=CCC=CCCC(=O)OC. The lowest BCUT2D eigenvalue weighted by atomic mass is 10.2. The van der Waals surface area contributed by atoms with Crippen molar-refractivity contribution in [2.24, 2.45) is 0 Å². The molecule has 0 aliphatic carbocycles. The largest absolute Gasteiger partial charge is 0.469 e. The first-order valence-electron chi connectivity index (χ1n) is 6.46. The standard InChI is InChI=1S/C16H24O2/c1-3-4-5-6-7-8-9-10-11-12-13-14-15-16(17)18-2/h3-6,9-10,12-13H,7-8,11,14-15H2,1-2H3. The molecule has 0 bridgehead atoms. The van der Waals surface area contributed by atoms with Gasteiger partial charge in [-0.3, -0.25) is 4.79 Å². The molecule has 100 valence electrons. The van der Waals surface area contributed by atoms with Gasteiger partial charge in [0.25, 0.3) is 0 Å². The zero-order chi connectivity index (χ0) is 13.5. The lowest BCUT2D eigenvalue weighted by Crippen LogP contribution is -1.97. The minimum absolute atomic E-state index is 0.150. The van der Waals surface area contributed by atoms with E-state index in [9.17, 15) is 4.79 Å². The number of esters is 1. The zero-order valence-corrected chi connectivity index (χ0v) is 11.5. The predicted molar refractivity (Wildman–Crippen MR) is 77.3 cm³/mol. The van der Waals surface area contributed by atoms with Crippen molar-refractivity contribution in [3.05, 3.63) is 48.6 Å². The van der Waals surface area contributed by atoms with Crippen LogP contribution in [0.2, 0.25) is 0 Å². The normalized spacial score (nSPS) is 12.3. The first kappa shape index (κ1) is 16.4. The zero-order valence-electron chi connectivity index (χ0n) is 11.5. The third-order valence-electron chi connectivity index (χ3n) is 2.29. The van der Waals surface area contributed by atoms with Gasteiger partial charge in [0.05, 0.1) is 7.11 Å². The number of carbonyl (C=O) groups is 1. The monoisotopic (exact) mass is 248 g/mol. The molecular weight excluding hydrogens is 224 g/mol. The summed E-state index contributed by atoms with van der Waals surface area (Å²) >= 11 is 0. The van der Waals surface area contributed by atoms with Gasteiger partial charge in [-0.2, -0.15) is 0 Å². The fraction of sp³-hybridized carbons (Fsp3) is 0.438. The molecule has 2 heteroatoms. The van der Waals surface area contributed by atoms with Crippen LogP contribution in [0.15, 0.2) is 48.6 Å². The van der Waals surface area contributed by atoms with E-state index in [1.54, 1.807) is 0 Å². The van der Waals surface area contributed by atoms with E-state index >= 15 is 0 Å². The molecule has 18 heavy (non-hydrogen) atoms. The summed E-state index contributed by atoms with van der Waals surface area (Å²) in [5, 5.41) is 0. The molecule has 0 spiro atoms. The predicted octanol–water partition coefficient (Wildman–Crippen LogP) is 4.35. The molecule has 0 saturated heterocycles. The topological polar surface area (TPSA) is 26.3 Å². The molecule has 0 radical (unpaired) electrons. The van der Waals surface area contributed by atoms with Crippen LogP contribution in [0.5, 0.6) is 0 Å². The van der Waals surface area contributed by atoms with Crippen molar-refractivity contribution in [3.8, 4) is 0 Å². The number of hydrogen-bond donors (Lipinski definition) is 0. The Morgan fingerprint density at radius 2 is 1.61 bits per heavy atom. The second kappa shape index (κ2) is 13.5. The highest BCUT2D eigenvalue weighted by molar-refractivity contribution is 5.69. The van der Waals surface area contributed by atoms with Crippen LogP contribution in [0.25, 0.3) is 0 Å². The third-order valence-corrected chi connectivity index (χ3v) is 2.29. The molecule has 0 rings (SSSR count). The number of allylic oxidation sites excluding steroid dienone is 8. The van der Waals surface area contributed by atoms with Crippen molar-refractivity contribution >= 4 is 5.97 Å². The summed E-state index contributed by atoms with van der Waals surface area (Å²) < 4.78 is 4.55. The van der Waals surface area contributed by atoms with E-state index in [1.807, 2.05) is 25.2 Å². The molecule has 0 N–H and O–H groups in total. The average molecular weight is 248 g/mol. The van der Waals surface area contributed by atoms with Gasteiger partial charge in [-0.1, -0.05) is 48.6 Å². The molecular formula is C16H24O2. The first-order chi connectivity index (χ1) is 8.81. The van der Waals surface area contributed by atoms with Crippen molar-refractivity contribution in [2.45, 2.75) is 39.0 Å². The van der Waals surface area contributed by atoms with Crippen molar-refractivity contribution in [3.63, 3.8) is 0 Å². The van der Waals surface area contributed by atoms with E-state index in [1.165, 1.54) is 7.11 Å². The number of rotatable bonds is 9. The van der Waals surface area contributed by atoms with E-state index in [-0.39, 0.29) is 5.97 Å². The van der Waals surface area contributed by atoms with E-state index in [2.05, 4.69) is 35.1 Å². The Hall–Kier alpha value is -1.57. The van der Waals surface area contributed by atoms with E-state index in [0.717, 1.165) is 25.7 Å². The highest BCUT2D eigenvalue weighted by atomic mass is 16.5. The highest BCUT2D eigenvalue weighted by Gasteiger charge is 1.94. The second-order valence-electron chi connectivity index (χ2n) is 3.82. The van der Waals surface area contributed by atoms with Crippen LogP contribution in [0.1, 0.15) is 39.0 Å². The lowest BCUT2D eigenvalue weighted by molar-refractivity contribution is -0.140. The summed E-state index contributed by atoms with van der Waals surface area (Å²) in [6.45, 7) is 2.01. The lowest BCUT2D eigenvalue weighted by Gasteiger charge is -1.93. The number of ether oxygens (including phenoxy) is 1. The molecule has 0 aliphatic rings. The van der Waals surface area contributed by atoms with Crippen LogP contribution in [0, 0.1) is 0 Å². The Labute approximate surface area is 111 Å². The Morgan fingerprint density at radius 3 is 2.28 bits per heavy atom. The fourth-order valence-corrected chi connectivity index (χ4v) is 1.29. The molecule has 0 aromatic rings. The number of hydrogen-bond acceptors (Lipinski definition) is 2. The summed E-state index contributed by atoms with van der Waals surface area (Å²) in [5.41, 5.74) is 0. The van der Waals surface area contributed by atoms with Crippen LogP contribution in [-0.2, 0) is 9.53 Å². The van der Waals surface area contributed by atoms with Gasteiger partial charge in [0.2, 0.25) is 0 Å². The number of methoxy groups -OCH3 is 1. The van der Waals surface area contributed by atoms with Crippen molar-refractivity contribution < 1.29 is 9.53 Å². The highest BCUT2D eigenvalue weighted by Crippen LogP contribution is 1.98. The molecule has 0 fully saturated rings. The summed E-state index contributed by atoms with van der Waals surface area (Å²) in [6.07, 6.45) is 21.0. The summed E-state index contributed by atoms with van der Waals surface area (Å²) in [6, 6.07) is 0. The molecule has 0 unspecified atom stereocenters. The summed E-state index contributed by atoms with van der Waals surface area (Å²) in [4.78, 5) is 10.8. The van der Waals surface area contributed by atoms with E-state index in [4.69, 9.17) is 0 Å². The minimum atomic E-state index is -0.150. The first-order valence-corrected chi connectivity index (χ1v) is 6.46. The Balaban J connectivity index is 3.42. The molecule has 0 atom stereocenters. The van der Waals surface area contributed by atoms with E-state index in [0.29, 0.717) is 6.42 Å². The third kappa shape index (κ3) is 12.5. The average Bonchev–Trinajstić information content (AvgIpc) is 2.39. The fourth-order valence-electron chi connectivity index (χ4n) is 1.29. The van der Waals surface area contributed by atoms with Crippen LogP contribution >= 0.6 is 0 Å². The molecule has 0 saturated carbocycles. The van der Waals surface area contributed by atoms with Crippen LogP contribution in [0.4, 0.5) is 0 Å². The maximum Gasteiger partial charge on any atom is 0.305 e. The Bertz CT molecular complexity index is 309. The summed E-state index contributed by atoms with van der Waals surface area (Å²) in [5.74, 6) is -0.150. The Morgan fingerprint density at radius 1 is 0.944 bits per heavy atom. The summed E-state index contributed by atoms with van der Waals surface area (Å²) in [7, 11) is 1.42. The van der Waals surface area contributed by atoms with Crippen LogP contribution < -0.4 is 0 Å². The smallest absolute Gasteiger partial charge is 0.305 e. The maximum absolute atomic E-state index is 10.8. The quantitative estimate of drug-likeness (QED) is 0.262. The van der Waals surface area contributed by atoms with Crippen molar-refractivity contribution in [2.75, 3.05) is 7.11 Å². The van der Waals surface area contributed by atoms with Crippen LogP contribution in [-0.4, -0.2) is 13.1 Å². The molecule has 0 heterocycles. The molecule has 0 aromatic heterocycles. The molecule has 0 aliphatic heterocycles. The maximum atomic E-state index is 10.8. The second-order valence-corrected chi connectivity index (χ2v) is 3.82. The molecule has 0 aromatic carbocycles. The van der Waals surface area contributed by atoms with Gasteiger partial charge >= 0.3 is 5.97 Å². The van der Waals surface area contributed by atoms with E-state index < -0.39 is 0 Å². The number of unbranched alkanes of at least 4 members (excludes halogenated alkanes) is 1. The van der Waals surface area contributed by atoms with Gasteiger partial charge < -0.3 is 4.74 Å². The van der Waals surface area contributed by atoms with Gasteiger partial charge in [0, 0.05) is 6.42 Å². The van der Waals surface area contributed by atoms with Gasteiger partial charge in [0.15, 0.2) is 0 Å². The molecule has 2 nitrogen and oxygen atoms in total. The van der Waals surface area contributed by atoms with Gasteiger partial charge in [0.1, 0.15) is 0 Å². The molecule has 0 amide bonds. The van der Waals surface area contributed by atoms with Crippen molar-refractivity contribution in [1.29, 1.82) is 0 Å². The van der Waals surface area contributed by atoms with Crippen LogP contribution in [0.3, 0.4) is 0 Å². The van der Waals surface area contributed by atoms with Gasteiger partial charge in [-0.05, 0) is 32.6 Å². The van der Waals surface area contributed by atoms with Gasteiger partial charge in [-0.25, -0.2) is 0 Å². The van der Waals surface area contributed by atoms with Crippen molar-refractivity contribution in [1.82, 2.24) is 0 Å². The number of carbonyl (C=O) groups excluding carboxylic acids is 1.